The zero-order valence-corrected chi connectivity index (χ0v) is 13.5. The molecular formula is C17H26ClNO2. The van der Waals surface area contributed by atoms with Crippen LogP contribution >= 0.6 is 11.6 Å². The fourth-order valence-corrected chi connectivity index (χ4v) is 2.98. The predicted octanol–water partition coefficient (Wildman–Crippen LogP) is 3.64. The predicted molar refractivity (Wildman–Crippen MR) is 87.0 cm³/mol. The first kappa shape index (κ1) is 16.6. The first-order valence-electron chi connectivity index (χ1n) is 7.93. The van der Waals surface area contributed by atoms with E-state index < -0.39 is 6.10 Å². The van der Waals surface area contributed by atoms with Gasteiger partial charge < -0.3 is 15.2 Å². The van der Waals surface area contributed by atoms with E-state index >= 15 is 0 Å². The van der Waals surface area contributed by atoms with Crippen molar-refractivity contribution in [2.45, 2.75) is 51.2 Å². The molecule has 0 spiro atoms. The van der Waals surface area contributed by atoms with E-state index in [4.69, 9.17) is 16.3 Å². The second-order valence-corrected chi connectivity index (χ2v) is 6.58. The number of halogens is 1. The number of nitrogens with one attached hydrogen (secondary N) is 1. The molecule has 1 aromatic rings. The minimum atomic E-state index is -0.496. The minimum absolute atomic E-state index is 0.288. The van der Waals surface area contributed by atoms with Crippen molar-refractivity contribution in [2.24, 2.45) is 5.92 Å². The maximum atomic E-state index is 10.0. The van der Waals surface area contributed by atoms with E-state index in [1.165, 1.54) is 32.1 Å². The fraction of sp³-hybridized carbons (Fsp3) is 0.647. The Labute approximate surface area is 132 Å². The van der Waals surface area contributed by atoms with Crippen LogP contribution in [0.3, 0.4) is 0 Å². The van der Waals surface area contributed by atoms with Crippen LogP contribution in [0.1, 0.15) is 39.0 Å². The highest BCUT2D eigenvalue weighted by Crippen LogP contribution is 2.22. The van der Waals surface area contributed by atoms with Crippen LogP contribution < -0.4 is 10.1 Å². The first-order chi connectivity index (χ1) is 10.1. The molecule has 0 aliphatic heterocycles. The maximum Gasteiger partial charge on any atom is 0.120 e. The number of aliphatic hydroxyl groups is 1. The number of hydrogen-bond donors (Lipinski definition) is 2. The molecule has 0 aromatic heterocycles. The number of rotatable bonds is 6. The summed E-state index contributed by atoms with van der Waals surface area (Å²) in [6.45, 7) is 3.20. The molecule has 0 amide bonds. The van der Waals surface area contributed by atoms with Crippen LogP contribution in [0.4, 0.5) is 0 Å². The lowest BCUT2D eigenvalue weighted by molar-refractivity contribution is 0.103. The third kappa shape index (κ3) is 6.25. The van der Waals surface area contributed by atoms with Gasteiger partial charge >= 0.3 is 0 Å². The Kier molecular flexibility index (Phi) is 6.81. The molecule has 2 rings (SSSR count). The van der Waals surface area contributed by atoms with Gasteiger partial charge in [0.25, 0.3) is 0 Å². The Morgan fingerprint density at radius 3 is 3.00 bits per heavy atom. The molecule has 21 heavy (non-hydrogen) atoms. The standard InChI is InChI=1S/C17H26ClNO2/c1-13-4-2-6-15(9-8-13)19-11-16(20)12-21-17-7-3-5-14(18)10-17/h3,5,7,10,13,15-16,19-20H,2,4,6,8-9,11-12H2,1H3. The lowest BCUT2D eigenvalue weighted by atomic mass is 10.0. The third-order valence-electron chi connectivity index (χ3n) is 4.14. The summed E-state index contributed by atoms with van der Waals surface area (Å²) in [5, 5.41) is 14.1. The highest BCUT2D eigenvalue weighted by atomic mass is 35.5. The molecule has 3 unspecified atom stereocenters. The molecular weight excluding hydrogens is 286 g/mol. The molecule has 1 fully saturated rings. The molecule has 0 heterocycles. The SMILES string of the molecule is CC1CCCC(NCC(O)COc2cccc(Cl)c2)CC1. The van der Waals surface area contributed by atoms with Crippen molar-refractivity contribution in [3.8, 4) is 5.75 Å². The molecule has 3 nitrogen and oxygen atoms in total. The lowest BCUT2D eigenvalue weighted by Gasteiger charge is -2.19. The average Bonchev–Trinajstić information content (AvgIpc) is 2.68. The van der Waals surface area contributed by atoms with Crippen LogP contribution in [0.25, 0.3) is 0 Å². The van der Waals surface area contributed by atoms with Crippen molar-refractivity contribution in [1.29, 1.82) is 0 Å². The molecule has 0 radical (unpaired) electrons. The summed E-state index contributed by atoms with van der Waals surface area (Å²) >= 11 is 5.90. The summed E-state index contributed by atoms with van der Waals surface area (Å²) in [6.07, 6.45) is 5.83. The third-order valence-corrected chi connectivity index (χ3v) is 4.37. The summed E-state index contributed by atoms with van der Waals surface area (Å²) in [7, 11) is 0. The Hall–Kier alpha value is -0.770. The van der Waals surface area contributed by atoms with Gasteiger partial charge in [0.2, 0.25) is 0 Å². The minimum Gasteiger partial charge on any atom is -0.491 e. The summed E-state index contributed by atoms with van der Waals surface area (Å²) in [5.74, 6) is 1.54. The van der Waals surface area contributed by atoms with Gasteiger partial charge in [0, 0.05) is 17.6 Å². The quantitative estimate of drug-likeness (QED) is 0.788. The van der Waals surface area contributed by atoms with E-state index in [1.54, 1.807) is 12.1 Å². The molecule has 1 aliphatic rings. The van der Waals surface area contributed by atoms with Gasteiger partial charge in [-0.05, 0) is 43.4 Å². The molecule has 0 saturated heterocycles. The Morgan fingerprint density at radius 2 is 2.19 bits per heavy atom. The van der Waals surface area contributed by atoms with E-state index in [-0.39, 0.29) is 6.61 Å². The van der Waals surface area contributed by atoms with Crippen molar-refractivity contribution in [3.63, 3.8) is 0 Å². The summed E-state index contributed by atoms with van der Waals surface area (Å²) in [4.78, 5) is 0. The van der Waals surface area contributed by atoms with E-state index in [0.29, 0.717) is 23.4 Å². The zero-order valence-electron chi connectivity index (χ0n) is 12.7. The molecule has 1 aliphatic carbocycles. The van der Waals surface area contributed by atoms with Crippen molar-refractivity contribution in [2.75, 3.05) is 13.2 Å². The molecule has 1 saturated carbocycles. The highest BCUT2D eigenvalue weighted by molar-refractivity contribution is 6.30. The van der Waals surface area contributed by atoms with E-state index in [2.05, 4.69) is 12.2 Å². The van der Waals surface area contributed by atoms with Gasteiger partial charge in [-0.3, -0.25) is 0 Å². The van der Waals surface area contributed by atoms with Crippen molar-refractivity contribution in [3.05, 3.63) is 29.3 Å². The van der Waals surface area contributed by atoms with Gasteiger partial charge in [-0.1, -0.05) is 37.4 Å². The van der Waals surface area contributed by atoms with Crippen LogP contribution in [0.2, 0.25) is 5.02 Å². The number of hydrogen-bond acceptors (Lipinski definition) is 3. The molecule has 1 aromatic carbocycles. The summed E-state index contributed by atoms with van der Waals surface area (Å²) in [6, 6.07) is 7.79. The van der Waals surface area contributed by atoms with Gasteiger partial charge in [0.15, 0.2) is 0 Å². The molecule has 2 N–H and O–H groups in total. The Balaban J connectivity index is 1.66. The number of benzene rings is 1. The molecule has 118 valence electrons. The monoisotopic (exact) mass is 311 g/mol. The smallest absolute Gasteiger partial charge is 0.120 e. The van der Waals surface area contributed by atoms with Gasteiger partial charge in [-0.15, -0.1) is 0 Å². The van der Waals surface area contributed by atoms with Crippen LogP contribution in [0.5, 0.6) is 5.75 Å². The molecule has 3 atom stereocenters. The summed E-state index contributed by atoms with van der Waals surface area (Å²) in [5.41, 5.74) is 0. The zero-order chi connectivity index (χ0) is 15.1. The van der Waals surface area contributed by atoms with Crippen LogP contribution in [0.15, 0.2) is 24.3 Å². The van der Waals surface area contributed by atoms with Crippen molar-refractivity contribution in [1.82, 2.24) is 5.32 Å². The average molecular weight is 312 g/mol. The van der Waals surface area contributed by atoms with Gasteiger partial charge in [0.05, 0.1) is 0 Å². The normalized spacial score (nSPS) is 24.3. The number of aliphatic hydroxyl groups excluding tert-OH is 1. The fourth-order valence-electron chi connectivity index (χ4n) is 2.80. The van der Waals surface area contributed by atoms with Crippen molar-refractivity contribution >= 4 is 11.6 Å². The van der Waals surface area contributed by atoms with Gasteiger partial charge in [0.1, 0.15) is 18.5 Å². The Morgan fingerprint density at radius 1 is 1.33 bits per heavy atom. The largest absolute Gasteiger partial charge is 0.491 e. The van der Waals surface area contributed by atoms with E-state index in [0.717, 1.165) is 5.92 Å². The topological polar surface area (TPSA) is 41.5 Å². The molecule has 0 bridgehead atoms. The van der Waals surface area contributed by atoms with Crippen LogP contribution in [-0.2, 0) is 0 Å². The second-order valence-electron chi connectivity index (χ2n) is 6.14. The first-order valence-corrected chi connectivity index (χ1v) is 8.31. The Bertz CT molecular complexity index is 427. The highest BCUT2D eigenvalue weighted by Gasteiger charge is 2.16. The van der Waals surface area contributed by atoms with Crippen LogP contribution in [0, 0.1) is 5.92 Å². The van der Waals surface area contributed by atoms with Crippen LogP contribution in [-0.4, -0.2) is 30.4 Å². The van der Waals surface area contributed by atoms with Gasteiger partial charge in [-0.25, -0.2) is 0 Å². The van der Waals surface area contributed by atoms with E-state index in [9.17, 15) is 5.11 Å². The maximum absolute atomic E-state index is 10.0. The molecule has 4 heteroatoms. The van der Waals surface area contributed by atoms with Gasteiger partial charge in [-0.2, -0.15) is 0 Å². The number of ether oxygens (including phenoxy) is 1. The lowest BCUT2D eigenvalue weighted by Crippen LogP contribution is -2.37. The second kappa shape index (κ2) is 8.62. The summed E-state index contributed by atoms with van der Waals surface area (Å²) < 4.78 is 5.56. The van der Waals surface area contributed by atoms with E-state index in [1.807, 2.05) is 12.1 Å². The van der Waals surface area contributed by atoms with Crippen molar-refractivity contribution < 1.29 is 9.84 Å².